The smallest absolute Gasteiger partial charge is 0.157 e. The average Bonchev–Trinajstić information content (AvgIpc) is 2.94. The Kier molecular flexibility index (Phi) is 2.68. The van der Waals surface area contributed by atoms with E-state index in [0.29, 0.717) is 5.92 Å². The number of rotatable bonds is 3. The van der Waals surface area contributed by atoms with E-state index in [9.17, 15) is 5.11 Å². The van der Waals surface area contributed by atoms with Crippen molar-refractivity contribution in [2.24, 2.45) is 5.92 Å². The van der Waals surface area contributed by atoms with Crippen molar-refractivity contribution in [3.05, 3.63) is 24.5 Å². The van der Waals surface area contributed by atoms with Gasteiger partial charge in [0.25, 0.3) is 0 Å². The highest BCUT2D eigenvalue weighted by atomic mass is 16.3. The number of aromatic nitrogens is 3. The van der Waals surface area contributed by atoms with Gasteiger partial charge in [0, 0.05) is 24.7 Å². The van der Waals surface area contributed by atoms with Gasteiger partial charge in [-0.05, 0) is 18.9 Å². The van der Waals surface area contributed by atoms with E-state index in [2.05, 4.69) is 15.4 Å². The summed E-state index contributed by atoms with van der Waals surface area (Å²) in [5, 5.41) is 17.1. The highest BCUT2D eigenvalue weighted by Crippen LogP contribution is 2.25. The largest absolute Gasteiger partial charge is 0.393 e. The molecule has 3 rings (SSSR count). The molecule has 2 N–H and O–H groups in total. The van der Waals surface area contributed by atoms with Crippen molar-refractivity contribution in [2.45, 2.75) is 25.4 Å². The van der Waals surface area contributed by atoms with E-state index in [4.69, 9.17) is 0 Å². The van der Waals surface area contributed by atoms with Gasteiger partial charge >= 0.3 is 0 Å². The first-order valence-electron chi connectivity index (χ1n) is 6.05. The Morgan fingerprint density at radius 2 is 2.35 bits per heavy atom. The predicted molar refractivity (Wildman–Crippen MR) is 64.8 cm³/mol. The van der Waals surface area contributed by atoms with E-state index in [-0.39, 0.29) is 6.10 Å². The molecule has 0 radical (unpaired) electrons. The fraction of sp³-hybridized carbons (Fsp3) is 0.500. The van der Waals surface area contributed by atoms with Gasteiger partial charge in [0.15, 0.2) is 5.65 Å². The van der Waals surface area contributed by atoms with Crippen molar-refractivity contribution < 1.29 is 5.11 Å². The summed E-state index contributed by atoms with van der Waals surface area (Å²) in [5.74, 6) is 1.20. The first-order chi connectivity index (χ1) is 8.33. The molecule has 2 heterocycles. The van der Waals surface area contributed by atoms with E-state index in [1.165, 1.54) is 0 Å². The first-order valence-corrected chi connectivity index (χ1v) is 6.05. The summed E-state index contributed by atoms with van der Waals surface area (Å²) in [6, 6.07) is 3.77. The first kappa shape index (κ1) is 10.5. The predicted octanol–water partition coefficient (Wildman–Crippen LogP) is 1.30. The Morgan fingerprint density at radius 3 is 3.18 bits per heavy atom. The average molecular weight is 232 g/mol. The third-order valence-electron chi connectivity index (χ3n) is 3.42. The number of nitrogens with zero attached hydrogens (tertiary/aromatic N) is 3. The zero-order valence-corrected chi connectivity index (χ0v) is 9.58. The van der Waals surface area contributed by atoms with Gasteiger partial charge in [0.2, 0.25) is 0 Å². The molecular weight excluding hydrogens is 216 g/mol. The summed E-state index contributed by atoms with van der Waals surface area (Å²) in [6.45, 7) is 0.790. The molecule has 2 unspecified atom stereocenters. The van der Waals surface area contributed by atoms with Gasteiger partial charge in [-0.15, -0.1) is 0 Å². The Hall–Kier alpha value is -1.62. The Labute approximate surface area is 99.5 Å². The Bertz CT molecular complexity index is 510. The summed E-state index contributed by atoms with van der Waals surface area (Å²) in [6.07, 6.45) is 6.62. The molecule has 0 bridgehead atoms. The van der Waals surface area contributed by atoms with E-state index in [1.807, 2.05) is 18.3 Å². The van der Waals surface area contributed by atoms with Crippen LogP contribution in [0.25, 0.3) is 5.65 Å². The molecule has 0 amide bonds. The van der Waals surface area contributed by atoms with Gasteiger partial charge < -0.3 is 10.4 Å². The number of nitrogens with one attached hydrogen (secondary N) is 1. The summed E-state index contributed by atoms with van der Waals surface area (Å²) < 4.78 is 1.73. The molecule has 17 heavy (non-hydrogen) atoms. The van der Waals surface area contributed by atoms with Crippen LogP contribution in [-0.2, 0) is 0 Å². The Morgan fingerprint density at radius 1 is 1.41 bits per heavy atom. The van der Waals surface area contributed by atoms with Gasteiger partial charge in [-0.2, -0.15) is 5.10 Å². The van der Waals surface area contributed by atoms with Crippen molar-refractivity contribution in [3.8, 4) is 0 Å². The van der Waals surface area contributed by atoms with Crippen LogP contribution >= 0.6 is 0 Å². The minimum absolute atomic E-state index is 0.152. The number of aliphatic hydroxyl groups is 1. The van der Waals surface area contributed by atoms with E-state index in [1.54, 1.807) is 10.7 Å². The summed E-state index contributed by atoms with van der Waals surface area (Å²) in [5.41, 5.74) is 0.835. The lowest BCUT2D eigenvalue weighted by Gasteiger charge is -2.15. The molecule has 0 aliphatic heterocycles. The number of anilines is 1. The zero-order chi connectivity index (χ0) is 11.7. The van der Waals surface area contributed by atoms with Crippen LogP contribution in [0.2, 0.25) is 0 Å². The highest BCUT2D eigenvalue weighted by Gasteiger charge is 2.24. The van der Waals surface area contributed by atoms with Crippen LogP contribution in [0, 0.1) is 5.92 Å². The number of fused-ring (bicyclic) bond motifs is 1. The Balaban J connectivity index is 1.67. The second-order valence-electron chi connectivity index (χ2n) is 4.59. The molecule has 0 saturated heterocycles. The lowest BCUT2D eigenvalue weighted by atomic mass is 10.1. The normalized spacial score (nSPS) is 24.3. The van der Waals surface area contributed by atoms with Gasteiger partial charge in [0.1, 0.15) is 5.82 Å². The number of hydrogen-bond donors (Lipinski definition) is 2. The topological polar surface area (TPSA) is 62.5 Å². The third-order valence-corrected chi connectivity index (χ3v) is 3.42. The molecule has 0 spiro atoms. The molecule has 2 atom stereocenters. The fourth-order valence-corrected chi connectivity index (χ4v) is 2.40. The van der Waals surface area contributed by atoms with E-state index >= 15 is 0 Å². The molecule has 1 aliphatic rings. The SMILES string of the molecule is OC1CCCC1CNc1ccn2nccc2n1. The minimum Gasteiger partial charge on any atom is -0.393 e. The highest BCUT2D eigenvalue weighted by molar-refractivity contribution is 5.45. The maximum atomic E-state index is 9.73. The summed E-state index contributed by atoms with van der Waals surface area (Å²) in [7, 11) is 0. The quantitative estimate of drug-likeness (QED) is 0.837. The van der Waals surface area contributed by atoms with Gasteiger partial charge in [-0.25, -0.2) is 9.50 Å². The number of aliphatic hydroxyl groups excluding tert-OH is 1. The molecule has 1 saturated carbocycles. The monoisotopic (exact) mass is 232 g/mol. The molecular formula is C12H16N4O. The van der Waals surface area contributed by atoms with Crippen molar-refractivity contribution in [2.75, 3.05) is 11.9 Å². The maximum Gasteiger partial charge on any atom is 0.157 e. The van der Waals surface area contributed by atoms with Crippen LogP contribution in [0.1, 0.15) is 19.3 Å². The zero-order valence-electron chi connectivity index (χ0n) is 9.58. The van der Waals surface area contributed by atoms with Crippen molar-refractivity contribution in [1.29, 1.82) is 0 Å². The number of hydrogen-bond acceptors (Lipinski definition) is 4. The molecule has 0 aromatic carbocycles. The second kappa shape index (κ2) is 4.33. The van der Waals surface area contributed by atoms with Crippen molar-refractivity contribution in [3.63, 3.8) is 0 Å². The van der Waals surface area contributed by atoms with E-state index < -0.39 is 0 Å². The van der Waals surface area contributed by atoms with Crippen LogP contribution < -0.4 is 5.32 Å². The summed E-state index contributed by atoms with van der Waals surface area (Å²) >= 11 is 0. The fourth-order valence-electron chi connectivity index (χ4n) is 2.40. The van der Waals surface area contributed by atoms with Crippen LogP contribution in [0.3, 0.4) is 0 Å². The summed E-state index contributed by atoms with van der Waals surface area (Å²) in [4.78, 5) is 4.43. The molecule has 1 fully saturated rings. The maximum absolute atomic E-state index is 9.73. The lowest BCUT2D eigenvalue weighted by molar-refractivity contribution is 0.138. The molecule has 90 valence electrons. The van der Waals surface area contributed by atoms with Crippen molar-refractivity contribution in [1.82, 2.24) is 14.6 Å². The molecule has 5 nitrogen and oxygen atoms in total. The molecule has 2 aromatic heterocycles. The minimum atomic E-state index is -0.152. The molecule has 1 aliphatic carbocycles. The van der Waals surface area contributed by atoms with Crippen LogP contribution in [0.4, 0.5) is 5.82 Å². The third kappa shape index (κ3) is 2.10. The van der Waals surface area contributed by atoms with Crippen molar-refractivity contribution >= 4 is 11.5 Å². The molecule has 5 heteroatoms. The van der Waals surface area contributed by atoms with Crippen LogP contribution in [-0.4, -0.2) is 32.4 Å². The standard InChI is InChI=1S/C12H16N4O/c17-10-3-1-2-9(10)8-13-11-5-7-16-12(15-11)4-6-14-16/h4-7,9-10,17H,1-3,8H2,(H,13,15). The van der Waals surface area contributed by atoms with Crippen LogP contribution in [0.5, 0.6) is 0 Å². The van der Waals surface area contributed by atoms with E-state index in [0.717, 1.165) is 37.3 Å². The van der Waals surface area contributed by atoms with Gasteiger partial charge in [-0.3, -0.25) is 0 Å². The van der Waals surface area contributed by atoms with Gasteiger partial charge in [-0.1, -0.05) is 6.42 Å². The second-order valence-corrected chi connectivity index (χ2v) is 4.59. The lowest BCUT2D eigenvalue weighted by Crippen LogP contribution is -2.22. The van der Waals surface area contributed by atoms with Crippen LogP contribution in [0.15, 0.2) is 24.5 Å². The van der Waals surface area contributed by atoms with Gasteiger partial charge in [0.05, 0.1) is 12.3 Å². The molecule has 2 aromatic rings.